The Hall–Kier alpha value is -0.660. The summed E-state index contributed by atoms with van der Waals surface area (Å²) in [7, 11) is -0.419. The molecule has 0 aliphatic heterocycles. The average Bonchev–Trinajstić information content (AvgIpc) is 2.02. The lowest BCUT2D eigenvalue weighted by Crippen LogP contribution is -2.37. The summed E-state index contributed by atoms with van der Waals surface area (Å²) in [6, 6.07) is 0. The molecule has 0 unspecified atom stereocenters. The van der Waals surface area contributed by atoms with E-state index in [4.69, 9.17) is 0 Å². The maximum Gasteiger partial charge on any atom is 0.278 e. The topological polar surface area (TPSA) is 78.5 Å². The number of nitrogens with one attached hydrogen (secondary N) is 2. The van der Waals surface area contributed by atoms with E-state index in [9.17, 15) is 13.2 Å². The fourth-order valence-corrected chi connectivity index (χ4v) is 1.34. The molecule has 0 atom stereocenters. The third kappa shape index (κ3) is 5.90. The van der Waals surface area contributed by atoms with Gasteiger partial charge in [-0.2, -0.15) is 12.7 Å². The zero-order chi connectivity index (χ0) is 11.2. The number of carbonyl (C=O) groups excluding carboxylic acids is 1. The molecule has 0 fully saturated rings. The van der Waals surface area contributed by atoms with Gasteiger partial charge in [-0.25, -0.2) is 4.72 Å². The first-order chi connectivity index (χ1) is 6.36. The minimum Gasteiger partial charge on any atom is -0.356 e. The Kier molecular flexibility index (Phi) is 5.66. The van der Waals surface area contributed by atoms with Gasteiger partial charge in [-0.15, -0.1) is 0 Å². The van der Waals surface area contributed by atoms with Crippen LogP contribution in [0.15, 0.2) is 0 Å². The zero-order valence-corrected chi connectivity index (χ0v) is 9.52. The molecular formula is C7H17N3O3S. The quantitative estimate of drug-likeness (QED) is 0.562. The van der Waals surface area contributed by atoms with E-state index in [1.165, 1.54) is 21.0 Å². The van der Waals surface area contributed by atoms with Gasteiger partial charge in [0, 0.05) is 34.1 Å². The molecule has 0 saturated heterocycles. The molecule has 1 amide bonds. The summed E-state index contributed by atoms with van der Waals surface area (Å²) in [6.07, 6.45) is 0.576. The van der Waals surface area contributed by atoms with E-state index in [1.54, 1.807) is 0 Å². The molecule has 0 bridgehead atoms. The lowest BCUT2D eigenvalue weighted by atomic mass is 10.4. The minimum absolute atomic E-state index is 0.111. The fraction of sp³-hybridized carbons (Fsp3) is 0.857. The van der Waals surface area contributed by atoms with Gasteiger partial charge in [0.2, 0.25) is 5.91 Å². The Morgan fingerprint density at radius 3 is 2.29 bits per heavy atom. The van der Waals surface area contributed by atoms with Gasteiger partial charge in [0.1, 0.15) is 0 Å². The zero-order valence-electron chi connectivity index (χ0n) is 8.70. The predicted octanol–water partition coefficient (Wildman–Crippen LogP) is -1.09. The monoisotopic (exact) mass is 223 g/mol. The van der Waals surface area contributed by atoms with Crippen molar-refractivity contribution in [2.45, 2.75) is 13.3 Å². The van der Waals surface area contributed by atoms with Gasteiger partial charge in [0.25, 0.3) is 10.2 Å². The second-order valence-electron chi connectivity index (χ2n) is 3.02. The lowest BCUT2D eigenvalue weighted by Gasteiger charge is -2.11. The van der Waals surface area contributed by atoms with Crippen molar-refractivity contribution in [3.8, 4) is 0 Å². The molecule has 14 heavy (non-hydrogen) atoms. The van der Waals surface area contributed by atoms with Crippen molar-refractivity contribution < 1.29 is 13.2 Å². The van der Waals surface area contributed by atoms with Crippen LogP contribution in [0, 0.1) is 0 Å². The number of nitrogens with zero attached hydrogens (tertiary/aromatic N) is 1. The first kappa shape index (κ1) is 13.3. The van der Waals surface area contributed by atoms with E-state index in [1.807, 2.05) is 0 Å². The third-order valence-electron chi connectivity index (χ3n) is 1.49. The van der Waals surface area contributed by atoms with Crippen LogP contribution in [0.4, 0.5) is 0 Å². The van der Waals surface area contributed by atoms with Crippen LogP contribution >= 0.6 is 0 Å². The normalized spacial score (nSPS) is 11.7. The van der Waals surface area contributed by atoms with Crippen LogP contribution in [-0.4, -0.2) is 45.8 Å². The van der Waals surface area contributed by atoms with Gasteiger partial charge >= 0.3 is 0 Å². The van der Waals surface area contributed by atoms with E-state index in [0.717, 1.165) is 4.31 Å². The first-order valence-electron chi connectivity index (χ1n) is 4.28. The molecule has 0 rings (SSSR count). The minimum atomic E-state index is -3.33. The second-order valence-corrected chi connectivity index (χ2v) is 4.99. The predicted molar refractivity (Wildman–Crippen MR) is 53.9 cm³/mol. The van der Waals surface area contributed by atoms with E-state index in [0.29, 0.717) is 19.5 Å². The van der Waals surface area contributed by atoms with Gasteiger partial charge in [-0.05, 0) is 6.42 Å². The largest absolute Gasteiger partial charge is 0.356 e. The van der Waals surface area contributed by atoms with Crippen LogP contribution < -0.4 is 10.0 Å². The first-order valence-corrected chi connectivity index (χ1v) is 5.72. The Bertz CT molecular complexity index is 274. The summed E-state index contributed by atoms with van der Waals surface area (Å²) in [5.41, 5.74) is 0. The maximum atomic E-state index is 11.2. The molecule has 2 N–H and O–H groups in total. The molecule has 84 valence electrons. The van der Waals surface area contributed by atoms with Crippen molar-refractivity contribution in [3.63, 3.8) is 0 Å². The Labute approximate surface area is 84.8 Å². The molecule has 0 spiro atoms. The van der Waals surface area contributed by atoms with Crippen LogP contribution in [0.5, 0.6) is 0 Å². The summed E-state index contributed by atoms with van der Waals surface area (Å²) in [5.74, 6) is -0.111. The third-order valence-corrected chi connectivity index (χ3v) is 3.02. The van der Waals surface area contributed by atoms with E-state index < -0.39 is 10.2 Å². The summed E-state index contributed by atoms with van der Waals surface area (Å²) in [5, 5.41) is 2.57. The fourth-order valence-electron chi connectivity index (χ4n) is 0.683. The average molecular weight is 223 g/mol. The van der Waals surface area contributed by atoms with Crippen molar-refractivity contribution in [3.05, 3.63) is 0 Å². The van der Waals surface area contributed by atoms with E-state index in [-0.39, 0.29) is 5.91 Å². The van der Waals surface area contributed by atoms with Crippen LogP contribution in [-0.2, 0) is 15.0 Å². The van der Waals surface area contributed by atoms with Gasteiger partial charge in [0.15, 0.2) is 0 Å². The summed E-state index contributed by atoms with van der Waals surface area (Å²) >= 11 is 0. The smallest absolute Gasteiger partial charge is 0.278 e. The standard InChI is InChI=1S/C7H17N3O3S/c1-7(11)8-5-4-6-9-14(12,13)10(2)3/h9H,4-6H2,1-3H3,(H,8,11). The highest BCUT2D eigenvalue weighted by Gasteiger charge is 2.10. The summed E-state index contributed by atoms with van der Waals surface area (Å²) < 4.78 is 25.8. The highest BCUT2D eigenvalue weighted by Crippen LogP contribution is 1.87. The number of hydrogen-bond acceptors (Lipinski definition) is 3. The van der Waals surface area contributed by atoms with Gasteiger partial charge in [-0.1, -0.05) is 0 Å². The van der Waals surface area contributed by atoms with Crippen LogP contribution in [0.25, 0.3) is 0 Å². The number of rotatable bonds is 6. The molecule has 0 radical (unpaired) electrons. The van der Waals surface area contributed by atoms with Gasteiger partial charge < -0.3 is 5.32 Å². The Morgan fingerprint density at radius 2 is 1.86 bits per heavy atom. The molecular weight excluding hydrogens is 206 g/mol. The van der Waals surface area contributed by atoms with Gasteiger partial charge in [0.05, 0.1) is 0 Å². The SMILES string of the molecule is CC(=O)NCCCNS(=O)(=O)N(C)C. The molecule has 0 aliphatic carbocycles. The molecule has 0 aromatic heterocycles. The summed E-state index contributed by atoms with van der Waals surface area (Å²) in [6.45, 7) is 2.22. The molecule has 0 aromatic rings. The van der Waals surface area contributed by atoms with Gasteiger partial charge in [-0.3, -0.25) is 4.79 Å². The molecule has 0 aliphatic rings. The van der Waals surface area contributed by atoms with Crippen LogP contribution in [0.2, 0.25) is 0 Å². The van der Waals surface area contributed by atoms with Crippen LogP contribution in [0.3, 0.4) is 0 Å². The van der Waals surface area contributed by atoms with E-state index in [2.05, 4.69) is 10.0 Å². The molecule has 0 saturated carbocycles. The van der Waals surface area contributed by atoms with Crippen molar-refractivity contribution in [2.75, 3.05) is 27.2 Å². The number of carbonyl (C=O) groups is 1. The number of amides is 1. The highest BCUT2D eigenvalue weighted by molar-refractivity contribution is 7.87. The van der Waals surface area contributed by atoms with E-state index >= 15 is 0 Å². The lowest BCUT2D eigenvalue weighted by molar-refractivity contribution is -0.118. The highest BCUT2D eigenvalue weighted by atomic mass is 32.2. The maximum absolute atomic E-state index is 11.2. The number of hydrogen-bond donors (Lipinski definition) is 2. The summed E-state index contributed by atoms with van der Waals surface area (Å²) in [4.78, 5) is 10.5. The second kappa shape index (κ2) is 5.94. The Balaban J connectivity index is 3.60. The molecule has 7 heteroatoms. The van der Waals surface area contributed by atoms with Crippen molar-refractivity contribution in [1.82, 2.24) is 14.3 Å². The van der Waals surface area contributed by atoms with Crippen molar-refractivity contribution >= 4 is 16.1 Å². The Morgan fingerprint density at radius 1 is 1.29 bits per heavy atom. The molecule has 0 heterocycles. The van der Waals surface area contributed by atoms with Crippen molar-refractivity contribution in [2.24, 2.45) is 0 Å². The molecule has 6 nitrogen and oxygen atoms in total. The molecule has 0 aromatic carbocycles. The van der Waals surface area contributed by atoms with Crippen molar-refractivity contribution in [1.29, 1.82) is 0 Å². The van der Waals surface area contributed by atoms with Crippen LogP contribution in [0.1, 0.15) is 13.3 Å².